The number of nitrogens with one attached hydrogen (secondary N) is 1. The van der Waals surface area contributed by atoms with Gasteiger partial charge in [-0.25, -0.2) is 13.6 Å². The summed E-state index contributed by atoms with van der Waals surface area (Å²) in [5, 5.41) is 8.06. The molecule has 1 aliphatic rings. The van der Waals surface area contributed by atoms with Crippen molar-refractivity contribution in [2.45, 2.75) is 31.6 Å². The Labute approximate surface area is 154 Å². The number of anilines is 2. The van der Waals surface area contributed by atoms with Crippen LogP contribution in [0.2, 0.25) is 0 Å². The number of hydrogen-bond acceptors (Lipinski definition) is 4. The van der Waals surface area contributed by atoms with E-state index in [2.05, 4.69) is 18.3 Å². The summed E-state index contributed by atoms with van der Waals surface area (Å²) in [4.78, 5) is 14.6. The van der Waals surface area contributed by atoms with Gasteiger partial charge in [0.05, 0.1) is 11.4 Å². The number of rotatable bonds is 4. The van der Waals surface area contributed by atoms with E-state index in [9.17, 15) is 13.2 Å². The van der Waals surface area contributed by atoms with Gasteiger partial charge in [0.2, 0.25) is 15.9 Å². The summed E-state index contributed by atoms with van der Waals surface area (Å²) in [5.74, 6) is 0.177. The summed E-state index contributed by atoms with van der Waals surface area (Å²) in [7, 11) is -3.83. The van der Waals surface area contributed by atoms with E-state index in [4.69, 9.17) is 5.14 Å². The molecular formula is C19H23N3O3S. The van der Waals surface area contributed by atoms with Gasteiger partial charge in [0.1, 0.15) is 0 Å². The Kier molecular flexibility index (Phi) is 4.77. The van der Waals surface area contributed by atoms with Crippen molar-refractivity contribution in [3.63, 3.8) is 0 Å². The highest BCUT2D eigenvalue weighted by atomic mass is 32.2. The number of sulfonamides is 1. The van der Waals surface area contributed by atoms with E-state index in [-0.39, 0.29) is 17.3 Å². The number of carbonyl (C=O) groups excluding carboxylic acids is 1. The van der Waals surface area contributed by atoms with E-state index in [1.165, 1.54) is 17.7 Å². The van der Waals surface area contributed by atoms with Crippen LogP contribution in [0.15, 0.2) is 41.3 Å². The molecule has 0 saturated heterocycles. The van der Waals surface area contributed by atoms with Crippen LogP contribution in [-0.2, 0) is 14.8 Å². The molecule has 6 nitrogen and oxygen atoms in total. The highest BCUT2D eigenvalue weighted by Crippen LogP contribution is 2.35. The third-order valence-electron chi connectivity index (χ3n) is 4.88. The minimum atomic E-state index is -3.83. The Morgan fingerprint density at radius 1 is 1.27 bits per heavy atom. The third kappa shape index (κ3) is 3.59. The van der Waals surface area contributed by atoms with Crippen molar-refractivity contribution in [2.75, 3.05) is 23.3 Å². The summed E-state index contributed by atoms with van der Waals surface area (Å²) < 4.78 is 23.3. The number of nitrogens with zero attached hydrogens (tertiary/aromatic N) is 1. The second-order valence-corrected chi connectivity index (χ2v) is 8.41. The molecule has 1 heterocycles. The third-order valence-corrected chi connectivity index (χ3v) is 5.77. The number of aryl methyl sites for hydroxylation is 1. The number of fused-ring (bicyclic) bond motifs is 1. The predicted molar refractivity (Wildman–Crippen MR) is 103 cm³/mol. The fourth-order valence-corrected chi connectivity index (χ4v) is 3.98. The van der Waals surface area contributed by atoms with Gasteiger partial charge in [0.25, 0.3) is 0 Å². The first-order chi connectivity index (χ1) is 12.2. The number of primary sulfonamides is 1. The molecule has 138 valence electrons. The highest BCUT2D eigenvalue weighted by molar-refractivity contribution is 7.89. The molecule has 3 rings (SSSR count). The molecule has 0 spiro atoms. The van der Waals surface area contributed by atoms with Gasteiger partial charge in [-0.2, -0.15) is 0 Å². The van der Waals surface area contributed by atoms with Crippen molar-refractivity contribution in [3.05, 3.63) is 53.1 Å². The van der Waals surface area contributed by atoms with Gasteiger partial charge in [-0.05, 0) is 48.7 Å². The number of benzene rings is 2. The lowest BCUT2D eigenvalue weighted by molar-refractivity contribution is -0.115. The lowest BCUT2D eigenvalue weighted by atomic mass is 10.0. The molecule has 2 aromatic rings. The topological polar surface area (TPSA) is 92.5 Å². The molecule has 0 bridgehead atoms. The van der Waals surface area contributed by atoms with Crippen LogP contribution in [0.3, 0.4) is 0 Å². The average molecular weight is 373 g/mol. The summed E-state index contributed by atoms with van der Waals surface area (Å²) in [6, 6.07) is 11.0. The van der Waals surface area contributed by atoms with Crippen LogP contribution in [0.4, 0.5) is 11.4 Å². The molecule has 0 aliphatic carbocycles. The molecule has 2 aromatic carbocycles. The molecule has 26 heavy (non-hydrogen) atoms. The Morgan fingerprint density at radius 3 is 2.65 bits per heavy atom. The van der Waals surface area contributed by atoms with Crippen LogP contribution >= 0.6 is 0 Å². The van der Waals surface area contributed by atoms with Crippen LogP contribution in [0, 0.1) is 13.8 Å². The fraction of sp³-hybridized carbons (Fsp3) is 0.316. The Balaban J connectivity index is 1.81. The zero-order valence-corrected chi connectivity index (χ0v) is 15.9. The molecule has 3 N–H and O–H groups in total. The number of carbonyl (C=O) groups is 1. The fourth-order valence-electron chi connectivity index (χ4n) is 3.35. The zero-order valence-electron chi connectivity index (χ0n) is 15.1. The molecule has 7 heteroatoms. The SMILES string of the molecule is Cc1cc(S(N)(=O)=O)cc(NC(=O)CN2CC(C)c3ccccc32)c1C. The van der Waals surface area contributed by atoms with Gasteiger partial charge in [0, 0.05) is 23.8 Å². The first kappa shape index (κ1) is 18.4. The number of hydrogen-bond donors (Lipinski definition) is 2. The Hall–Kier alpha value is -2.38. The van der Waals surface area contributed by atoms with E-state index >= 15 is 0 Å². The van der Waals surface area contributed by atoms with Gasteiger partial charge in [-0.1, -0.05) is 25.1 Å². The van der Waals surface area contributed by atoms with E-state index in [0.717, 1.165) is 23.4 Å². The van der Waals surface area contributed by atoms with Crippen molar-refractivity contribution in [2.24, 2.45) is 5.14 Å². The van der Waals surface area contributed by atoms with Crippen molar-refractivity contribution >= 4 is 27.3 Å². The van der Waals surface area contributed by atoms with Gasteiger partial charge in [-0.3, -0.25) is 4.79 Å². The molecule has 0 saturated carbocycles. The van der Waals surface area contributed by atoms with Crippen LogP contribution in [0.1, 0.15) is 29.5 Å². The number of nitrogens with two attached hydrogens (primary N) is 1. The normalized spacial score (nSPS) is 16.5. The standard InChI is InChI=1S/C19H23N3O3S/c1-12-8-15(26(20,24)25)9-17(14(12)3)21-19(23)11-22-10-13(2)16-6-4-5-7-18(16)22/h4-9,13H,10-11H2,1-3H3,(H,21,23)(H2,20,24,25). The van der Waals surface area contributed by atoms with Crippen LogP contribution in [0.5, 0.6) is 0 Å². The summed E-state index contributed by atoms with van der Waals surface area (Å²) in [6.07, 6.45) is 0. The van der Waals surface area contributed by atoms with Crippen molar-refractivity contribution < 1.29 is 13.2 Å². The molecule has 0 radical (unpaired) electrons. The van der Waals surface area contributed by atoms with Gasteiger partial charge in [0.15, 0.2) is 0 Å². The summed E-state index contributed by atoms with van der Waals surface area (Å²) >= 11 is 0. The average Bonchev–Trinajstić information content (AvgIpc) is 2.87. The van der Waals surface area contributed by atoms with Crippen LogP contribution in [-0.4, -0.2) is 27.4 Å². The van der Waals surface area contributed by atoms with Crippen LogP contribution < -0.4 is 15.4 Å². The smallest absolute Gasteiger partial charge is 0.243 e. The monoisotopic (exact) mass is 373 g/mol. The molecule has 0 fully saturated rings. The first-order valence-electron chi connectivity index (χ1n) is 8.44. The summed E-state index contributed by atoms with van der Waals surface area (Å²) in [5.41, 5.74) is 4.36. The van der Waals surface area contributed by atoms with Gasteiger partial charge >= 0.3 is 0 Å². The maximum atomic E-state index is 12.6. The lowest BCUT2D eigenvalue weighted by Gasteiger charge is -2.20. The van der Waals surface area contributed by atoms with E-state index < -0.39 is 10.0 Å². The van der Waals surface area contributed by atoms with Gasteiger partial charge < -0.3 is 10.2 Å². The first-order valence-corrected chi connectivity index (χ1v) is 9.99. The van der Waals surface area contributed by atoms with E-state index in [0.29, 0.717) is 11.6 Å². The maximum absolute atomic E-state index is 12.6. The predicted octanol–water partition coefficient (Wildman–Crippen LogP) is 2.51. The molecule has 1 aliphatic heterocycles. The second kappa shape index (κ2) is 6.74. The Bertz CT molecular complexity index is 970. The highest BCUT2D eigenvalue weighted by Gasteiger charge is 2.26. The number of amides is 1. The largest absolute Gasteiger partial charge is 0.361 e. The van der Waals surface area contributed by atoms with Crippen molar-refractivity contribution in [1.82, 2.24) is 0 Å². The van der Waals surface area contributed by atoms with Gasteiger partial charge in [-0.15, -0.1) is 0 Å². The molecule has 1 unspecified atom stereocenters. The quantitative estimate of drug-likeness (QED) is 0.861. The molecule has 1 atom stereocenters. The zero-order chi connectivity index (χ0) is 19.1. The maximum Gasteiger partial charge on any atom is 0.243 e. The molecule has 1 amide bonds. The van der Waals surface area contributed by atoms with E-state index in [1.54, 1.807) is 6.92 Å². The second-order valence-electron chi connectivity index (χ2n) is 6.85. The molecular weight excluding hydrogens is 350 g/mol. The minimum Gasteiger partial charge on any atom is -0.361 e. The number of para-hydroxylation sites is 1. The summed E-state index contributed by atoms with van der Waals surface area (Å²) in [6.45, 7) is 6.75. The van der Waals surface area contributed by atoms with Crippen molar-refractivity contribution in [3.8, 4) is 0 Å². The molecule has 0 aromatic heterocycles. The van der Waals surface area contributed by atoms with Crippen molar-refractivity contribution in [1.29, 1.82) is 0 Å². The Morgan fingerprint density at radius 2 is 1.96 bits per heavy atom. The minimum absolute atomic E-state index is 0.00367. The lowest BCUT2D eigenvalue weighted by Crippen LogP contribution is -2.32. The van der Waals surface area contributed by atoms with E-state index in [1.807, 2.05) is 30.0 Å². The van der Waals surface area contributed by atoms with Crippen LogP contribution in [0.25, 0.3) is 0 Å².